The topological polar surface area (TPSA) is 72.2 Å². The van der Waals surface area contributed by atoms with Crippen LogP contribution in [0.5, 0.6) is 0 Å². The fraction of sp³-hybridized carbons (Fsp3) is 0.462. The van der Waals surface area contributed by atoms with Crippen LogP contribution in [0.2, 0.25) is 0 Å². The predicted molar refractivity (Wildman–Crippen MR) is 77.5 cm³/mol. The van der Waals surface area contributed by atoms with E-state index in [1.54, 1.807) is 0 Å². The third-order valence-electron chi connectivity index (χ3n) is 2.67. The number of rotatable bonds is 6. The van der Waals surface area contributed by atoms with Crippen LogP contribution in [-0.4, -0.2) is 22.2 Å². The van der Waals surface area contributed by atoms with E-state index in [2.05, 4.69) is 21.2 Å². The summed E-state index contributed by atoms with van der Waals surface area (Å²) in [5, 5.41) is 13.0. The van der Waals surface area contributed by atoms with Crippen molar-refractivity contribution >= 4 is 27.5 Å². The number of halogens is 3. The van der Waals surface area contributed by atoms with Gasteiger partial charge in [0, 0.05) is 11.4 Å². The minimum atomic E-state index is -1.34. The van der Waals surface area contributed by atoms with Crippen LogP contribution in [0.15, 0.2) is 12.1 Å². The van der Waals surface area contributed by atoms with Crippen molar-refractivity contribution in [3.05, 3.63) is 39.4 Å². The summed E-state index contributed by atoms with van der Waals surface area (Å²) < 4.78 is 27.0. The first-order valence-electron chi connectivity index (χ1n) is 6.28. The highest BCUT2D eigenvalue weighted by atomic mass is 79.9. The zero-order valence-electron chi connectivity index (χ0n) is 11.5. The van der Waals surface area contributed by atoms with Gasteiger partial charge in [0.05, 0.1) is 16.6 Å². The average Bonchev–Trinajstić information content (AvgIpc) is 2.37. The minimum Gasteiger partial charge on any atom is -0.351 e. The van der Waals surface area contributed by atoms with Crippen LogP contribution in [0.3, 0.4) is 0 Å². The van der Waals surface area contributed by atoms with Gasteiger partial charge in [0.25, 0.3) is 5.91 Å². The Morgan fingerprint density at radius 1 is 1.43 bits per heavy atom. The number of amides is 1. The van der Waals surface area contributed by atoms with Gasteiger partial charge in [-0.3, -0.25) is 14.9 Å². The van der Waals surface area contributed by atoms with E-state index in [0.717, 1.165) is 6.42 Å². The second kappa shape index (κ2) is 7.44. The number of carbonyl (C=O) groups is 1. The lowest BCUT2D eigenvalue weighted by Gasteiger charge is -2.13. The fourth-order valence-electron chi connectivity index (χ4n) is 1.77. The van der Waals surface area contributed by atoms with E-state index in [1.165, 1.54) is 0 Å². The molecule has 1 aromatic rings. The van der Waals surface area contributed by atoms with Crippen LogP contribution >= 0.6 is 15.9 Å². The van der Waals surface area contributed by atoms with Crippen LogP contribution in [0.25, 0.3) is 0 Å². The number of nitro groups is 1. The molecule has 21 heavy (non-hydrogen) atoms. The molecule has 1 atom stereocenters. The van der Waals surface area contributed by atoms with Crippen molar-refractivity contribution in [3.8, 4) is 0 Å². The van der Waals surface area contributed by atoms with Gasteiger partial charge in [0.2, 0.25) is 5.82 Å². The first kappa shape index (κ1) is 17.5. The number of alkyl halides is 1. The van der Waals surface area contributed by atoms with Gasteiger partial charge in [-0.15, -0.1) is 0 Å². The van der Waals surface area contributed by atoms with E-state index in [4.69, 9.17) is 0 Å². The van der Waals surface area contributed by atoms with Gasteiger partial charge in [-0.2, -0.15) is 4.39 Å². The highest BCUT2D eigenvalue weighted by Gasteiger charge is 2.24. The molecule has 0 fully saturated rings. The number of benzene rings is 1. The maximum Gasteiger partial charge on any atom is 0.308 e. The third-order valence-corrected chi connectivity index (χ3v) is 3.37. The van der Waals surface area contributed by atoms with Crippen LogP contribution in [0.4, 0.5) is 14.5 Å². The molecule has 0 saturated carbocycles. The van der Waals surface area contributed by atoms with E-state index >= 15 is 0 Å². The molecule has 0 aliphatic carbocycles. The number of nitro benzene ring substituents is 1. The Kier molecular flexibility index (Phi) is 6.19. The maximum atomic E-state index is 13.8. The van der Waals surface area contributed by atoms with Crippen molar-refractivity contribution in [1.29, 1.82) is 0 Å². The molecule has 8 heteroatoms. The van der Waals surface area contributed by atoms with E-state index in [-0.39, 0.29) is 11.4 Å². The van der Waals surface area contributed by atoms with Crippen LogP contribution in [0, 0.1) is 27.7 Å². The Morgan fingerprint density at radius 2 is 2.05 bits per heavy atom. The molecule has 116 valence electrons. The van der Waals surface area contributed by atoms with Crippen molar-refractivity contribution in [2.24, 2.45) is 5.92 Å². The standard InChI is InChI=1S/C13H15BrF2N2O3/c1-7(2)3-8(14)6-17-13(19)10-4-9(15)5-11(12(10)16)18(20)21/h4-5,7-8H,3,6H2,1-2H3,(H,17,19). The van der Waals surface area contributed by atoms with E-state index in [1.807, 2.05) is 13.8 Å². The second-order valence-electron chi connectivity index (χ2n) is 4.98. The molecule has 0 spiro atoms. The molecule has 0 bridgehead atoms. The van der Waals surface area contributed by atoms with Crippen LogP contribution in [-0.2, 0) is 0 Å². The predicted octanol–water partition coefficient (Wildman–Crippen LogP) is 3.41. The van der Waals surface area contributed by atoms with E-state index in [9.17, 15) is 23.7 Å². The highest BCUT2D eigenvalue weighted by molar-refractivity contribution is 9.09. The molecule has 1 rings (SSSR count). The second-order valence-corrected chi connectivity index (χ2v) is 6.28. The monoisotopic (exact) mass is 364 g/mol. The fourth-order valence-corrected chi connectivity index (χ4v) is 2.68. The quantitative estimate of drug-likeness (QED) is 0.477. The van der Waals surface area contributed by atoms with Crippen molar-refractivity contribution in [2.75, 3.05) is 6.54 Å². The normalized spacial score (nSPS) is 12.3. The number of nitrogens with one attached hydrogen (secondary N) is 1. The summed E-state index contributed by atoms with van der Waals surface area (Å²) in [6.45, 7) is 4.22. The molecular formula is C13H15BrF2N2O3. The lowest BCUT2D eigenvalue weighted by atomic mass is 10.1. The third kappa shape index (κ3) is 5.04. The summed E-state index contributed by atoms with van der Waals surface area (Å²) >= 11 is 3.36. The van der Waals surface area contributed by atoms with Gasteiger partial charge < -0.3 is 5.32 Å². The Morgan fingerprint density at radius 3 is 2.57 bits per heavy atom. The average molecular weight is 365 g/mol. The molecule has 1 N–H and O–H groups in total. The summed E-state index contributed by atoms with van der Waals surface area (Å²) in [4.78, 5) is 21.3. The minimum absolute atomic E-state index is 0.0203. The van der Waals surface area contributed by atoms with Crippen LogP contribution < -0.4 is 5.32 Å². The Bertz CT molecular complexity index is 552. The Hall–Kier alpha value is -1.57. The van der Waals surface area contributed by atoms with Gasteiger partial charge >= 0.3 is 5.69 Å². The summed E-state index contributed by atoms with van der Waals surface area (Å²) in [5.74, 6) is -2.86. The first-order chi connectivity index (χ1) is 9.72. The number of hydrogen-bond donors (Lipinski definition) is 1. The van der Waals surface area contributed by atoms with Crippen molar-refractivity contribution in [2.45, 2.75) is 25.1 Å². The maximum absolute atomic E-state index is 13.8. The molecule has 1 unspecified atom stereocenters. The summed E-state index contributed by atoms with van der Waals surface area (Å²) in [6, 6.07) is 1.08. The van der Waals surface area contributed by atoms with E-state index in [0.29, 0.717) is 18.1 Å². The van der Waals surface area contributed by atoms with Gasteiger partial charge in [-0.25, -0.2) is 4.39 Å². The lowest BCUT2D eigenvalue weighted by molar-refractivity contribution is -0.387. The molecule has 5 nitrogen and oxygen atoms in total. The van der Waals surface area contributed by atoms with Crippen molar-refractivity contribution in [1.82, 2.24) is 5.32 Å². The number of hydrogen-bond acceptors (Lipinski definition) is 3. The molecule has 1 aromatic carbocycles. The Labute approximate surface area is 129 Å². The molecule has 0 aliphatic heterocycles. The van der Waals surface area contributed by atoms with Gasteiger partial charge in [0.1, 0.15) is 5.82 Å². The molecule has 0 radical (unpaired) electrons. The Balaban J connectivity index is 2.86. The molecule has 0 heterocycles. The van der Waals surface area contributed by atoms with Gasteiger partial charge in [-0.1, -0.05) is 29.8 Å². The molecule has 0 aromatic heterocycles. The molecule has 0 saturated heterocycles. The molecular weight excluding hydrogens is 350 g/mol. The summed E-state index contributed by atoms with van der Waals surface area (Å²) in [6.07, 6.45) is 0.784. The number of nitrogens with zero attached hydrogens (tertiary/aromatic N) is 1. The SMILES string of the molecule is CC(C)CC(Br)CNC(=O)c1cc(F)cc([N+](=O)[O-])c1F. The van der Waals surface area contributed by atoms with Gasteiger partial charge in [-0.05, 0) is 18.4 Å². The first-order valence-corrected chi connectivity index (χ1v) is 7.19. The van der Waals surface area contributed by atoms with Crippen molar-refractivity contribution < 1.29 is 18.5 Å². The van der Waals surface area contributed by atoms with Crippen LogP contribution in [0.1, 0.15) is 30.6 Å². The number of carbonyl (C=O) groups excluding carboxylic acids is 1. The lowest BCUT2D eigenvalue weighted by Crippen LogP contribution is -2.31. The summed E-state index contributed by atoms with van der Waals surface area (Å²) in [5.41, 5.74) is -1.73. The largest absolute Gasteiger partial charge is 0.351 e. The van der Waals surface area contributed by atoms with E-state index < -0.39 is 33.7 Å². The zero-order chi connectivity index (χ0) is 16.2. The molecule has 0 aliphatic rings. The van der Waals surface area contributed by atoms with Crippen molar-refractivity contribution in [3.63, 3.8) is 0 Å². The molecule has 1 amide bonds. The highest BCUT2D eigenvalue weighted by Crippen LogP contribution is 2.22. The smallest absolute Gasteiger partial charge is 0.308 e. The van der Waals surface area contributed by atoms with Gasteiger partial charge in [0.15, 0.2) is 0 Å². The zero-order valence-corrected chi connectivity index (χ0v) is 13.1. The summed E-state index contributed by atoms with van der Waals surface area (Å²) in [7, 11) is 0.